The van der Waals surface area contributed by atoms with Gasteiger partial charge in [-0.1, -0.05) is 30.3 Å². The van der Waals surface area contributed by atoms with E-state index in [0.717, 1.165) is 25.0 Å². The molecule has 1 fully saturated rings. The Morgan fingerprint density at radius 2 is 2.00 bits per heavy atom. The van der Waals surface area contributed by atoms with Gasteiger partial charge < -0.3 is 10.4 Å². The molecule has 1 atom stereocenters. The predicted octanol–water partition coefficient (Wildman–Crippen LogP) is 2.50. The number of carbonyl (C=O) groups is 1. The van der Waals surface area contributed by atoms with Crippen molar-refractivity contribution in [3.63, 3.8) is 0 Å². The Hall–Kier alpha value is -2.20. The van der Waals surface area contributed by atoms with E-state index in [1.807, 2.05) is 25.1 Å². The van der Waals surface area contributed by atoms with Crippen LogP contribution in [0.3, 0.4) is 0 Å². The highest BCUT2D eigenvalue weighted by atomic mass is 16.3. The zero-order valence-corrected chi connectivity index (χ0v) is 13.3. The molecule has 1 unspecified atom stereocenters. The number of aliphatic hydroxyl groups excluding tert-OH is 1. The number of benzene rings is 1. The molecule has 0 saturated heterocycles. The molecule has 1 aliphatic carbocycles. The smallest absolute Gasteiger partial charge is 0.253 e. The summed E-state index contributed by atoms with van der Waals surface area (Å²) in [4.78, 5) is 16.8. The lowest BCUT2D eigenvalue weighted by Gasteiger charge is -2.38. The maximum Gasteiger partial charge on any atom is 0.253 e. The van der Waals surface area contributed by atoms with E-state index in [1.54, 1.807) is 18.3 Å². The van der Waals surface area contributed by atoms with Gasteiger partial charge in [-0.2, -0.15) is 0 Å². The molecule has 1 amide bonds. The number of hydrogen-bond acceptors (Lipinski definition) is 3. The lowest BCUT2D eigenvalue weighted by molar-refractivity contribution is 0.0239. The maximum atomic E-state index is 12.6. The molecule has 1 aromatic carbocycles. The van der Waals surface area contributed by atoms with Crippen LogP contribution in [0.15, 0.2) is 48.7 Å². The molecule has 3 rings (SSSR count). The number of amides is 1. The fourth-order valence-corrected chi connectivity index (χ4v) is 3.13. The zero-order chi connectivity index (χ0) is 16.2. The number of hydrogen-bond donors (Lipinski definition) is 2. The lowest BCUT2D eigenvalue weighted by atomic mass is 9.75. The van der Waals surface area contributed by atoms with E-state index in [9.17, 15) is 9.90 Å². The van der Waals surface area contributed by atoms with Crippen LogP contribution in [0.2, 0.25) is 0 Å². The summed E-state index contributed by atoms with van der Waals surface area (Å²) in [7, 11) is 0. The molecular weight excluding hydrogens is 288 g/mol. The topological polar surface area (TPSA) is 62.2 Å². The standard InChI is InChI=1S/C19H22N2O2/c1-13-17(8-5-9-20-13)19(23)21-18(15-11-16(22)12-15)10-14-6-3-2-4-7-14/h2-9,15-16,18,22H,10-12H2,1H3,(H,21,23). The summed E-state index contributed by atoms with van der Waals surface area (Å²) in [6.45, 7) is 1.84. The van der Waals surface area contributed by atoms with Gasteiger partial charge in [0.15, 0.2) is 0 Å². The molecular formula is C19H22N2O2. The van der Waals surface area contributed by atoms with Crippen LogP contribution >= 0.6 is 0 Å². The van der Waals surface area contributed by atoms with Crippen LogP contribution in [0.1, 0.15) is 34.5 Å². The van der Waals surface area contributed by atoms with Crippen molar-refractivity contribution in [3.8, 4) is 0 Å². The molecule has 0 radical (unpaired) electrons. The summed E-state index contributed by atoms with van der Waals surface area (Å²) in [5.41, 5.74) is 2.55. The monoisotopic (exact) mass is 310 g/mol. The van der Waals surface area contributed by atoms with Crippen LogP contribution in [0.25, 0.3) is 0 Å². The van der Waals surface area contributed by atoms with E-state index in [2.05, 4.69) is 22.4 Å². The van der Waals surface area contributed by atoms with Crippen LogP contribution in [0, 0.1) is 12.8 Å². The highest BCUT2D eigenvalue weighted by Crippen LogP contribution is 2.32. The third-order valence-corrected chi connectivity index (χ3v) is 4.59. The number of rotatable bonds is 5. The minimum atomic E-state index is -0.227. The summed E-state index contributed by atoms with van der Waals surface area (Å²) < 4.78 is 0. The van der Waals surface area contributed by atoms with Crippen LogP contribution in [-0.4, -0.2) is 28.1 Å². The number of aryl methyl sites for hydroxylation is 1. The largest absolute Gasteiger partial charge is 0.393 e. The first-order chi connectivity index (χ1) is 11.1. The Labute approximate surface area is 136 Å². The van der Waals surface area contributed by atoms with Gasteiger partial charge >= 0.3 is 0 Å². The molecule has 1 aliphatic rings. The first-order valence-corrected chi connectivity index (χ1v) is 8.08. The minimum Gasteiger partial charge on any atom is -0.393 e. The fourth-order valence-electron chi connectivity index (χ4n) is 3.13. The van der Waals surface area contributed by atoms with Gasteiger partial charge in [-0.15, -0.1) is 0 Å². The SMILES string of the molecule is Cc1ncccc1C(=O)NC(Cc1ccccc1)C1CC(O)C1. The van der Waals surface area contributed by atoms with Gasteiger partial charge in [-0.25, -0.2) is 0 Å². The van der Waals surface area contributed by atoms with Crippen molar-refractivity contribution in [1.29, 1.82) is 0 Å². The molecule has 1 aromatic heterocycles. The number of pyridine rings is 1. The van der Waals surface area contributed by atoms with Crippen LogP contribution in [0.5, 0.6) is 0 Å². The van der Waals surface area contributed by atoms with E-state index in [0.29, 0.717) is 11.5 Å². The van der Waals surface area contributed by atoms with Crippen molar-refractivity contribution in [2.45, 2.75) is 38.3 Å². The maximum absolute atomic E-state index is 12.6. The Kier molecular flexibility index (Phi) is 4.72. The Balaban J connectivity index is 1.73. The van der Waals surface area contributed by atoms with Crippen molar-refractivity contribution < 1.29 is 9.90 Å². The van der Waals surface area contributed by atoms with Gasteiger partial charge in [0.1, 0.15) is 0 Å². The average molecular weight is 310 g/mol. The molecule has 4 heteroatoms. The quantitative estimate of drug-likeness (QED) is 0.892. The number of nitrogens with zero attached hydrogens (tertiary/aromatic N) is 1. The summed E-state index contributed by atoms with van der Waals surface area (Å²) in [6.07, 6.45) is 3.75. The first kappa shape index (κ1) is 15.7. The van der Waals surface area contributed by atoms with E-state index in [1.165, 1.54) is 5.56 Å². The summed E-state index contributed by atoms with van der Waals surface area (Å²) in [6, 6.07) is 13.8. The zero-order valence-electron chi connectivity index (χ0n) is 13.3. The highest BCUT2D eigenvalue weighted by Gasteiger charge is 2.35. The molecule has 23 heavy (non-hydrogen) atoms. The molecule has 0 spiro atoms. The average Bonchev–Trinajstić information content (AvgIpc) is 2.52. The number of nitrogens with one attached hydrogen (secondary N) is 1. The molecule has 2 aromatic rings. The predicted molar refractivity (Wildman–Crippen MR) is 89.1 cm³/mol. The van der Waals surface area contributed by atoms with Gasteiger partial charge in [0.25, 0.3) is 5.91 Å². The van der Waals surface area contributed by atoms with Gasteiger partial charge in [0.05, 0.1) is 11.7 Å². The third kappa shape index (κ3) is 3.77. The van der Waals surface area contributed by atoms with Crippen molar-refractivity contribution in [1.82, 2.24) is 10.3 Å². The van der Waals surface area contributed by atoms with Crippen LogP contribution in [0.4, 0.5) is 0 Å². The van der Waals surface area contributed by atoms with E-state index in [-0.39, 0.29) is 18.1 Å². The van der Waals surface area contributed by atoms with Crippen molar-refractivity contribution in [2.75, 3.05) is 0 Å². The van der Waals surface area contributed by atoms with Crippen LogP contribution < -0.4 is 5.32 Å². The van der Waals surface area contributed by atoms with Gasteiger partial charge in [0, 0.05) is 17.9 Å². The van der Waals surface area contributed by atoms with Gasteiger partial charge in [-0.3, -0.25) is 9.78 Å². The Bertz CT molecular complexity index is 666. The summed E-state index contributed by atoms with van der Waals surface area (Å²) in [5.74, 6) is 0.240. The molecule has 4 nitrogen and oxygen atoms in total. The molecule has 1 saturated carbocycles. The number of aliphatic hydroxyl groups is 1. The van der Waals surface area contributed by atoms with E-state index < -0.39 is 0 Å². The van der Waals surface area contributed by atoms with Gasteiger partial charge in [-0.05, 0) is 49.8 Å². The molecule has 2 N–H and O–H groups in total. The molecule has 1 heterocycles. The normalized spacial score (nSPS) is 21.3. The van der Waals surface area contributed by atoms with Crippen molar-refractivity contribution in [3.05, 3.63) is 65.5 Å². The summed E-state index contributed by atoms with van der Waals surface area (Å²) in [5, 5.41) is 12.8. The number of aromatic nitrogens is 1. The second-order valence-electron chi connectivity index (χ2n) is 6.29. The van der Waals surface area contributed by atoms with E-state index >= 15 is 0 Å². The van der Waals surface area contributed by atoms with Crippen molar-refractivity contribution >= 4 is 5.91 Å². The highest BCUT2D eigenvalue weighted by molar-refractivity contribution is 5.95. The Morgan fingerprint density at radius 1 is 1.26 bits per heavy atom. The minimum absolute atomic E-state index is 0.0351. The summed E-state index contributed by atoms with van der Waals surface area (Å²) >= 11 is 0. The fraction of sp³-hybridized carbons (Fsp3) is 0.368. The van der Waals surface area contributed by atoms with Crippen LogP contribution in [-0.2, 0) is 6.42 Å². The number of carbonyl (C=O) groups excluding carboxylic acids is 1. The van der Waals surface area contributed by atoms with E-state index in [4.69, 9.17) is 0 Å². The molecule has 0 bridgehead atoms. The third-order valence-electron chi connectivity index (χ3n) is 4.59. The van der Waals surface area contributed by atoms with Gasteiger partial charge in [0.2, 0.25) is 0 Å². The first-order valence-electron chi connectivity index (χ1n) is 8.08. The molecule has 0 aliphatic heterocycles. The second kappa shape index (κ2) is 6.92. The van der Waals surface area contributed by atoms with Crippen molar-refractivity contribution in [2.24, 2.45) is 5.92 Å². The molecule has 120 valence electrons. The lowest BCUT2D eigenvalue weighted by Crippen LogP contribution is -2.48. The second-order valence-corrected chi connectivity index (χ2v) is 6.29. The Morgan fingerprint density at radius 3 is 2.65 bits per heavy atom.